The lowest BCUT2D eigenvalue weighted by molar-refractivity contribution is -0.153. The van der Waals surface area contributed by atoms with Crippen LogP contribution < -0.4 is 0 Å². The van der Waals surface area contributed by atoms with Gasteiger partial charge >= 0.3 is 5.97 Å². The number of carboxylic acids is 1. The number of rotatable bonds is 2. The maximum Gasteiger partial charge on any atom is 0.353 e. The highest BCUT2D eigenvalue weighted by molar-refractivity contribution is 8.03. The molecule has 0 aromatic carbocycles. The van der Waals surface area contributed by atoms with Gasteiger partial charge in [0.1, 0.15) is 11.1 Å². The monoisotopic (exact) mass is 201 g/mol. The molecular weight excluding hydrogens is 194 g/mol. The van der Waals surface area contributed by atoms with Crippen molar-refractivity contribution in [3.8, 4) is 0 Å². The van der Waals surface area contributed by atoms with Crippen LogP contribution in [0.4, 0.5) is 0 Å². The van der Waals surface area contributed by atoms with Gasteiger partial charge in [-0.3, -0.25) is 9.69 Å². The van der Waals surface area contributed by atoms with E-state index >= 15 is 0 Å². The fourth-order valence-corrected chi connectivity index (χ4v) is 2.66. The second-order valence-electron chi connectivity index (χ2n) is 2.83. The van der Waals surface area contributed by atoms with E-state index in [4.69, 9.17) is 10.2 Å². The lowest BCUT2D eigenvalue weighted by Crippen LogP contribution is -2.58. The number of carbonyl (C=O) groups is 2. The van der Waals surface area contributed by atoms with Crippen LogP contribution >= 0.6 is 11.8 Å². The van der Waals surface area contributed by atoms with Gasteiger partial charge in [-0.15, -0.1) is 11.8 Å². The molecule has 2 aliphatic rings. The zero-order valence-corrected chi connectivity index (χ0v) is 7.32. The molecule has 0 bridgehead atoms. The van der Waals surface area contributed by atoms with Crippen LogP contribution in [0.15, 0.2) is 11.1 Å². The van der Waals surface area contributed by atoms with Crippen molar-refractivity contribution >= 4 is 23.6 Å². The summed E-state index contributed by atoms with van der Waals surface area (Å²) in [6.07, 6.45) is 0. The molecule has 70 valence electrons. The van der Waals surface area contributed by atoms with Crippen LogP contribution in [0.1, 0.15) is 0 Å². The molecular formula is C7H7NO4S. The first-order valence-corrected chi connectivity index (χ1v) is 4.64. The van der Waals surface area contributed by atoms with E-state index in [1.165, 1.54) is 22.1 Å². The number of aliphatic hydroxyl groups excluding tert-OH is 1. The molecule has 1 fully saturated rings. The van der Waals surface area contributed by atoms with Gasteiger partial charge in [0.25, 0.3) is 0 Å². The van der Waals surface area contributed by atoms with E-state index in [2.05, 4.69) is 0 Å². The molecule has 2 N–H and O–H groups in total. The normalized spacial score (nSPS) is 31.0. The summed E-state index contributed by atoms with van der Waals surface area (Å²) in [7, 11) is 0. The topological polar surface area (TPSA) is 77.8 Å². The first-order valence-electron chi connectivity index (χ1n) is 3.69. The standard InChI is InChI=1S/C7H7NO4S/c9-1-3-5(10)8-4(7(11)12)2-13-6(3)8/h2-3,6,9H,1H2,(H,11,12)/t3-,6+/m0/s1. The largest absolute Gasteiger partial charge is 0.477 e. The Morgan fingerprint density at radius 1 is 1.69 bits per heavy atom. The second-order valence-corrected chi connectivity index (χ2v) is 3.82. The number of carboxylic acid groups (broad SMARTS) is 1. The number of hydrogen-bond donors (Lipinski definition) is 2. The summed E-state index contributed by atoms with van der Waals surface area (Å²) in [6, 6.07) is 0. The molecule has 2 atom stereocenters. The van der Waals surface area contributed by atoms with E-state index in [1.807, 2.05) is 0 Å². The third kappa shape index (κ3) is 0.988. The number of fused-ring (bicyclic) bond motifs is 1. The van der Waals surface area contributed by atoms with E-state index in [1.54, 1.807) is 0 Å². The molecule has 6 heteroatoms. The maximum absolute atomic E-state index is 11.2. The maximum atomic E-state index is 11.2. The summed E-state index contributed by atoms with van der Waals surface area (Å²) in [6.45, 7) is -0.215. The SMILES string of the molecule is O=C(O)C1=CS[C@@H]2[C@@H](CO)C(=O)N12. The van der Waals surface area contributed by atoms with Crippen molar-refractivity contribution in [1.29, 1.82) is 0 Å². The third-order valence-electron chi connectivity index (χ3n) is 2.15. The highest BCUT2D eigenvalue weighted by Gasteiger charge is 2.53. The fourth-order valence-electron chi connectivity index (χ4n) is 1.45. The predicted molar refractivity (Wildman–Crippen MR) is 44.5 cm³/mol. The van der Waals surface area contributed by atoms with Crippen LogP contribution in [0, 0.1) is 5.92 Å². The molecule has 0 aromatic heterocycles. The molecule has 2 rings (SSSR count). The van der Waals surface area contributed by atoms with Gasteiger partial charge in [-0.1, -0.05) is 0 Å². The highest BCUT2D eigenvalue weighted by atomic mass is 32.2. The van der Waals surface area contributed by atoms with E-state index in [0.29, 0.717) is 0 Å². The van der Waals surface area contributed by atoms with Gasteiger partial charge in [-0.05, 0) is 0 Å². The minimum Gasteiger partial charge on any atom is -0.477 e. The molecule has 5 nitrogen and oxygen atoms in total. The van der Waals surface area contributed by atoms with Crippen molar-refractivity contribution in [2.45, 2.75) is 5.37 Å². The number of amides is 1. The van der Waals surface area contributed by atoms with Gasteiger partial charge in [0, 0.05) is 5.41 Å². The number of thioether (sulfide) groups is 1. The van der Waals surface area contributed by atoms with Gasteiger partial charge in [0.15, 0.2) is 0 Å². The van der Waals surface area contributed by atoms with Crippen LogP contribution in [0.25, 0.3) is 0 Å². The quantitative estimate of drug-likeness (QED) is 0.585. The summed E-state index contributed by atoms with van der Waals surface area (Å²) >= 11 is 1.27. The summed E-state index contributed by atoms with van der Waals surface area (Å²) in [4.78, 5) is 23.0. The molecule has 0 spiro atoms. The molecule has 0 unspecified atom stereocenters. The van der Waals surface area contributed by atoms with Gasteiger partial charge in [-0.25, -0.2) is 4.79 Å². The van der Waals surface area contributed by atoms with E-state index in [-0.39, 0.29) is 23.6 Å². The highest BCUT2D eigenvalue weighted by Crippen LogP contribution is 2.44. The Hall–Kier alpha value is -1.01. The van der Waals surface area contributed by atoms with Crippen LogP contribution in [0.3, 0.4) is 0 Å². The number of nitrogens with zero attached hydrogens (tertiary/aromatic N) is 1. The zero-order valence-electron chi connectivity index (χ0n) is 6.51. The van der Waals surface area contributed by atoms with Gasteiger partial charge in [0.05, 0.1) is 12.5 Å². The van der Waals surface area contributed by atoms with Crippen LogP contribution in [0.5, 0.6) is 0 Å². The molecule has 2 aliphatic heterocycles. The molecule has 1 saturated heterocycles. The van der Waals surface area contributed by atoms with Crippen molar-refractivity contribution in [3.63, 3.8) is 0 Å². The van der Waals surface area contributed by atoms with E-state index in [9.17, 15) is 9.59 Å². The van der Waals surface area contributed by atoms with E-state index < -0.39 is 11.9 Å². The number of β-lactam (4-membered cyclic amide) rings is 1. The van der Waals surface area contributed by atoms with Gasteiger partial charge < -0.3 is 10.2 Å². The number of hydrogen-bond acceptors (Lipinski definition) is 4. The Balaban J connectivity index is 2.18. The van der Waals surface area contributed by atoms with Crippen molar-refractivity contribution in [3.05, 3.63) is 11.1 Å². The zero-order chi connectivity index (χ0) is 9.59. The van der Waals surface area contributed by atoms with E-state index in [0.717, 1.165) is 0 Å². The van der Waals surface area contributed by atoms with Crippen LogP contribution in [-0.2, 0) is 9.59 Å². The van der Waals surface area contributed by atoms with Gasteiger partial charge in [-0.2, -0.15) is 0 Å². The molecule has 2 heterocycles. The second kappa shape index (κ2) is 2.74. The van der Waals surface area contributed by atoms with Crippen molar-refractivity contribution < 1.29 is 19.8 Å². The average Bonchev–Trinajstić information content (AvgIpc) is 2.45. The lowest BCUT2D eigenvalue weighted by Gasteiger charge is -2.41. The Bertz CT molecular complexity index is 314. The smallest absolute Gasteiger partial charge is 0.353 e. The van der Waals surface area contributed by atoms with Crippen LogP contribution in [0.2, 0.25) is 0 Å². The van der Waals surface area contributed by atoms with Crippen molar-refractivity contribution in [2.75, 3.05) is 6.61 Å². The molecule has 0 aromatic rings. The lowest BCUT2D eigenvalue weighted by atomic mass is 9.99. The summed E-state index contributed by atoms with van der Waals surface area (Å²) in [5.74, 6) is -1.83. The minimum atomic E-state index is -1.10. The summed E-state index contributed by atoms with van der Waals surface area (Å²) in [5, 5.41) is 18.7. The number of carbonyl (C=O) groups excluding carboxylic acids is 1. The third-order valence-corrected chi connectivity index (χ3v) is 3.33. The Labute approximate surface area is 78.0 Å². The first kappa shape index (κ1) is 8.58. The number of aliphatic carboxylic acids is 1. The molecule has 13 heavy (non-hydrogen) atoms. The Kier molecular flexibility index (Phi) is 1.81. The Morgan fingerprint density at radius 3 is 2.92 bits per heavy atom. The van der Waals surface area contributed by atoms with Gasteiger partial charge in [0.2, 0.25) is 5.91 Å². The predicted octanol–water partition coefficient (Wildman–Crippen LogP) is -0.564. The molecule has 0 aliphatic carbocycles. The van der Waals surface area contributed by atoms with Crippen LogP contribution in [-0.4, -0.2) is 39.0 Å². The fraction of sp³-hybridized carbons (Fsp3) is 0.429. The first-order chi connectivity index (χ1) is 6.16. The summed E-state index contributed by atoms with van der Waals surface area (Å²) < 4.78 is 0. The average molecular weight is 201 g/mol. The molecule has 0 radical (unpaired) electrons. The summed E-state index contributed by atoms with van der Waals surface area (Å²) in [5.41, 5.74) is 0.0182. The van der Waals surface area contributed by atoms with Crippen molar-refractivity contribution in [2.24, 2.45) is 5.92 Å². The van der Waals surface area contributed by atoms with Crippen molar-refractivity contribution in [1.82, 2.24) is 4.90 Å². The molecule has 0 saturated carbocycles. The minimum absolute atomic E-state index is 0.0182. The molecule has 1 amide bonds. The number of aliphatic hydroxyl groups is 1. The Morgan fingerprint density at radius 2 is 2.38 bits per heavy atom.